The molecule has 7 nitrogen and oxygen atoms in total. The van der Waals surface area contributed by atoms with Crippen molar-refractivity contribution >= 4 is 23.3 Å². The molecule has 1 aliphatic carbocycles. The monoisotopic (exact) mass is 415 g/mol. The molecule has 0 saturated heterocycles. The van der Waals surface area contributed by atoms with Crippen molar-refractivity contribution in [1.82, 2.24) is 9.88 Å². The highest BCUT2D eigenvalue weighted by atomic mass is 16.2. The van der Waals surface area contributed by atoms with Crippen molar-refractivity contribution in [2.45, 2.75) is 51.2 Å². The maximum Gasteiger partial charge on any atom is 0.254 e. The number of fused-ring (bicyclic) bond motifs is 1. The second kappa shape index (κ2) is 8.60. The second-order valence-corrected chi connectivity index (χ2v) is 8.16. The third-order valence-corrected chi connectivity index (χ3v) is 6.07. The van der Waals surface area contributed by atoms with Crippen LogP contribution in [0.3, 0.4) is 0 Å². The van der Waals surface area contributed by atoms with Gasteiger partial charge in [0, 0.05) is 36.1 Å². The number of hydrogen-bond acceptors (Lipinski definition) is 5. The number of carbonyl (C=O) groups is 2. The van der Waals surface area contributed by atoms with Crippen LogP contribution in [-0.2, 0) is 11.3 Å². The number of aryl methyl sites for hydroxylation is 1. The Bertz CT molecular complexity index is 1090. The Morgan fingerprint density at radius 1 is 1.35 bits per heavy atom. The fourth-order valence-electron chi connectivity index (χ4n) is 4.43. The summed E-state index contributed by atoms with van der Waals surface area (Å²) in [6.07, 6.45) is 6.67. The summed E-state index contributed by atoms with van der Waals surface area (Å²) in [5.41, 5.74) is 3.72. The second-order valence-electron chi connectivity index (χ2n) is 8.16. The molecular formula is C24H25N5O2. The lowest BCUT2D eigenvalue weighted by Gasteiger charge is -2.35. The van der Waals surface area contributed by atoms with Gasteiger partial charge in [-0.3, -0.25) is 9.59 Å². The summed E-state index contributed by atoms with van der Waals surface area (Å²) in [6.45, 7) is 5.95. The highest BCUT2D eigenvalue weighted by Crippen LogP contribution is 2.33. The van der Waals surface area contributed by atoms with Crippen molar-refractivity contribution < 1.29 is 9.59 Å². The highest BCUT2D eigenvalue weighted by Gasteiger charge is 2.35. The van der Waals surface area contributed by atoms with E-state index in [1.54, 1.807) is 12.3 Å². The number of nitrogens with one attached hydrogen (secondary N) is 2. The molecular weight excluding hydrogens is 390 g/mol. The number of pyridine rings is 1. The molecule has 31 heavy (non-hydrogen) atoms. The number of benzene rings is 1. The van der Waals surface area contributed by atoms with Crippen molar-refractivity contribution in [2.24, 2.45) is 0 Å². The molecule has 1 saturated carbocycles. The standard InChI is InChI=1S/C24H25N5O2/c1-3-23(30)28-19-8-7-16-14-29(24(31)21(16)11-19)20-6-4-5-18(10-20)27-22-9-15(2)17(12-25)13-26-22/h3,7-9,11,13,18,20H,1,4-6,10,14H2,2H3,(H,26,27)(H,28,30)/t18-,20+/m1/s1. The highest BCUT2D eigenvalue weighted by molar-refractivity contribution is 6.02. The summed E-state index contributed by atoms with van der Waals surface area (Å²) in [6, 6.07) is 9.89. The fraction of sp³-hybridized carbons (Fsp3) is 0.333. The first-order chi connectivity index (χ1) is 15.0. The zero-order valence-electron chi connectivity index (χ0n) is 17.5. The molecule has 7 heteroatoms. The number of rotatable bonds is 5. The quantitative estimate of drug-likeness (QED) is 0.725. The Labute approximate surface area is 181 Å². The van der Waals surface area contributed by atoms with Crippen molar-refractivity contribution in [2.75, 3.05) is 10.6 Å². The SMILES string of the molecule is C=CC(=O)Nc1ccc2c(c1)C(=O)N([C@H]1CCC[C@@H](Nc3cc(C)c(C#N)cn3)C1)C2. The van der Waals surface area contributed by atoms with Gasteiger partial charge < -0.3 is 15.5 Å². The normalized spacial score (nSPS) is 20.0. The molecule has 0 spiro atoms. The summed E-state index contributed by atoms with van der Waals surface area (Å²) in [5, 5.41) is 15.3. The summed E-state index contributed by atoms with van der Waals surface area (Å²) in [4.78, 5) is 31.0. The predicted molar refractivity (Wildman–Crippen MR) is 118 cm³/mol. The lowest BCUT2D eigenvalue weighted by Crippen LogP contribution is -2.42. The van der Waals surface area contributed by atoms with Crippen molar-refractivity contribution in [3.05, 3.63) is 65.4 Å². The van der Waals surface area contributed by atoms with E-state index in [-0.39, 0.29) is 23.9 Å². The number of amides is 2. The van der Waals surface area contributed by atoms with Crippen LogP contribution in [0.15, 0.2) is 43.1 Å². The third kappa shape index (κ3) is 4.29. The van der Waals surface area contributed by atoms with Gasteiger partial charge in [0.25, 0.3) is 5.91 Å². The zero-order valence-corrected chi connectivity index (χ0v) is 17.5. The van der Waals surface area contributed by atoms with Gasteiger partial charge in [-0.1, -0.05) is 12.6 Å². The first-order valence-corrected chi connectivity index (χ1v) is 10.5. The molecule has 0 radical (unpaired) electrons. The van der Waals surface area contributed by atoms with Gasteiger partial charge in [-0.15, -0.1) is 0 Å². The largest absolute Gasteiger partial charge is 0.367 e. The van der Waals surface area contributed by atoms with Gasteiger partial charge in [-0.05, 0) is 68.0 Å². The number of nitriles is 1. The van der Waals surface area contributed by atoms with Crippen LogP contribution >= 0.6 is 0 Å². The van der Waals surface area contributed by atoms with Crippen LogP contribution < -0.4 is 10.6 Å². The van der Waals surface area contributed by atoms with Crippen LogP contribution in [0.5, 0.6) is 0 Å². The Kier molecular flexibility index (Phi) is 5.72. The van der Waals surface area contributed by atoms with E-state index in [0.29, 0.717) is 23.4 Å². The molecule has 158 valence electrons. The minimum absolute atomic E-state index is 0.0164. The molecule has 4 rings (SSSR count). The van der Waals surface area contributed by atoms with Crippen LogP contribution in [0.4, 0.5) is 11.5 Å². The van der Waals surface area contributed by atoms with E-state index in [4.69, 9.17) is 5.26 Å². The van der Waals surface area contributed by atoms with E-state index in [1.807, 2.05) is 30.0 Å². The van der Waals surface area contributed by atoms with E-state index < -0.39 is 0 Å². The van der Waals surface area contributed by atoms with Gasteiger partial charge in [-0.2, -0.15) is 5.26 Å². The van der Waals surface area contributed by atoms with Gasteiger partial charge in [0.05, 0.1) is 5.56 Å². The van der Waals surface area contributed by atoms with E-state index in [0.717, 1.165) is 42.6 Å². The maximum absolute atomic E-state index is 13.1. The summed E-state index contributed by atoms with van der Waals surface area (Å²) >= 11 is 0. The Morgan fingerprint density at radius 3 is 2.94 bits per heavy atom. The van der Waals surface area contributed by atoms with E-state index >= 15 is 0 Å². The average Bonchev–Trinajstić information content (AvgIpc) is 3.10. The number of nitrogens with zero attached hydrogens (tertiary/aromatic N) is 3. The lowest BCUT2D eigenvalue weighted by molar-refractivity contribution is -0.111. The third-order valence-electron chi connectivity index (χ3n) is 6.07. The molecule has 1 fully saturated rings. The van der Waals surface area contributed by atoms with Crippen molar-refractivity contribution in [3.8, 4) is 6.07 Å². The summed E-state index contributed by atoms with van der Waals surface area (Å²) in [7, 11) is 0. The van der Waals surface area contributed by atoms with Gasteiger partial charge in [0.1, 0.15) is 11.9 Å². The smallest absolute Gasteiger partial charge is 0.254 e. The minimum Gasteiger partial charge on any atom is -0.367 e. The molecule has 2 amide bonds. The predicted octanol–water partition coefficient (Wildman–Crippen LogP) is 3.77. The van der Waals surface area contributed by atoms with Crippen molar-refractivity contribution in [1.29, 1.82) is 5.26 Å². The van der Waals surface area contributed by atoms with Crippen LogP contribution in [-0.4, -0.2) is 33.8 Å². The van der Waals surface area contributed by atoms with Crippen LogP contribution in [0.25, 0.3) is 0 Å². The van der Waals surface area contributed by atoms with E-state index in [1.165, 1.54) is 6.08 Å². The number of hydrogen-bond donors (Lipinski definition) is 2. The molecule has 1 aromatic carbocycles. The lowest BCUT2D eigenvalue weighted by atomic mass is 9.90. The Balaban J connectivity index is 1.44. The topological polar surface area (TPSA) is 98.1 Å². The molecule has 0 bridgehead atoms. The van der Waals surface area contributed by atoms with Gasteiger partial charge in [-0.25, -0.2) is 4.98 Å². The van der Waals surface area contributed by atoms with Gasteiger partial charge in [0.15, 0.2) is 0 Å². The van der Waals surface area contributed by atoms with Crippen LogP contribution in [0.2, 0.25) is 0 Å². The zero-order chi connectivity index (χ0) is 22.0. The van der Waals surface area contributed by atoms with E-state index in [2.05, 4.69) is 28.3 Å². The van der Waals surface area contributed by atoms with E-state index in [9.17, 15) is 9.59 Å². The molecule has 2 aromatic rings. The van der Waals surface area contributed by atoms with Gasteiger partial charge >= 0.3 is 0 Å². The average molecular weight is 415 g/mol. The molecule has 0 unspecified atom stereocenters. The Hall–Kier alpha value is -3.66. The molecule has 1 aromatic heterocycles. The number of anilines is 2. The first kappa shape index (κ1) is 20.6. The number of carbonyl (C=O) groups excluding carboxylic acids is 2. The maximum atomic E-state index is 13.1. The molecule has 2 aliphatic rings. The molecule has 2 N–H and O–H groups in total. The summed E-state index contributed by atoms with van der Waals surface area (Å²) in [5.74, 6) is 0.485. The minimum atomic E-state index is -0.296. The first-order valence-electron chi connectivity index (χ1n) is 10.5. The van der Waals surface area contributed by atoms with Crippen molar-refractivity contribution in [3.63, 3.8) is 0 Å². The van der Waals surface area contributed by atoms with Crippen LogP contribution in [0.1, 0.15) is 52.7 Å². The van der Waals surface area contributed by atoms with Crippen LogP contribution in [0, 0.1) is 18.3 Å². The molecule has 2 atom stereocenters. The fourth-order valence-corrected chi connectivity index (χ4v) is 4.43. The molecule has 2 heterocycles. The Morgan fingerprint density at radius 2 is 2.19 bits per heavy atom. The molecule has 1 aliphatic heterocycles. The number of aromatic nitrogens is 1. The van der Waals surface area contributed by atoms with Gasteiger partial charge in [0.2, 0.25) is 5.91 Å². The summed E-state index contributed by atoms with van der Waals surface area (Å²) < 4.78 is 0.